The Balaban J connectivity index is 2.34. The van der Waals surface area contributed by atoms with Crippen LogP contribution < -0.4 is 11.1 Å². The number of amides is 2. The summed E-state index contributed by atoms with van der Waals surface area (Å²) in [5.74, 6) is 0.248. The number of nitrogens with zero attached hydrogens (tertiary/aromatic N) is 1. The molecular weight excluding hydrogens is 242 g/mol. The van der Waals surface area contributed by atoms with E-state index in [1.165, 1.54) is 0 Å². The van der Waals surface area contributed by atoms with E-state index in [1.54, 1.807) is 0 Å². The Hall–Kier alpha value is -1.10. The summed E-state index contributed by atoms with van der Waals surface area (Å²) in [5.41, 5.74) is 5.35. The molecule has 0 atom stereocenters. The molecule has 110 valence electrons. The maximum atomic E-state index is 11.8. The molecule has 1 aliphatic heterocycles. The van der Waals surface area contributed by atoms with Gasteiger partial charge in [0.2, 0.25) is 11.8 Å². The molecule has 0 aliphatic carbocycles. The van der Waals surface area contributed by atoms with Crippen molar-refractivity contribution in [3.63, 3.8) is 0 Å². The molecule has 2 amide bonds. The van der Waals surface area contributed by atoms with Crippen molar-refractivity contribution in [2.75, 3.05) is 13.1 Å². The lowest BCUT2D eigenvalue weighted by atomic mass is 9.99. The summed E-state index contributed by atoms with van der Waals surface area (Å²) in [6, 6.07) is 0.172. The quantitative estimate of drug-likeness (QED) is 0.795. The summed E-state index contributed by atoms with van der Waals surface area (Å²) in [7, 11) is 0. The van der Waals surface area contributed by atoms with E-state index in [-0.39, 0.29) is 23.8 Å². The van der Waals surface area contributed by atoms with Gasteiger partial charge in [-0.3, -0.25) is 9.59 Å². The molecule has 0 aromatic rings. The highest BCUT2D eigenvalue weighted by Gasteiger charge is 2.26. The average molecular weight is 269 g/mol. The predicted molar refractivity (Wildman–Crippen MR) is 75.5 cm³/mol. The fourth-order valence-electron chi connectivity index (χ4n) is 2.30. The average Bonchev–Trinajstić information content (AvgIpc) is 2.26. The van der Waals surface area contributed by atoms with E-state index in [0.29, 0.717) is 6.42 Å². The molecule has 0 aromatic heterocycles. The summed E-state index contributed by atoms with van der Waals surface area (Å²) in [6.07, 6.45) is 1.99. The van der Waals surface area contributed by atoms with Gasteiger partial charge in [-0.2, -0.15) is 0 Å². The van der Waals surface area contributed by atoms with Crippen molar-refractivity contribution >= 4 is 11.8 Å². The number of carbonyl (C=O) groups excluding carboxylic acids is 2. The number of rotatable bonds is 4. The van der Waals surface area contributed by atoms with E-state index in [4.69, 9.17) is 5.73 Å². The van der Waals surface area contributed by atoms with Gasteiger partial charge >= 0.3 is 0 Å². The molecule has 0 radical (unpaired) electrons. The molecule has 0 saturated carbocycles. The smallest absolute Gasteiger partial charge is 0.225 e. The van der Waals surface area contributed by atoms with E-state index in [0.717, 1.165) is 25.9 Å². The second-order valence-corrected chi connectivity index (χ2v) is 6.49. The molecule has 1 rings (SSSR count). The summed E-state index contributed by atoms with van der Waals surface area (Å²) in [4.78, 5) is 25.5. The summed E-state index contributed by atoms with van der Waals surface area (Å²) in [5, 5.41) is 3.01. The van der Waals surface area contributed by atoms with E-state index in [1.807, 2.05) is 32.6 Å². The molecule has 5 nitrogen and oxygen atoms in total. The molecule has 1 fully saturated rings. The Morgan fingerprint density at radius 1 is 1.32 bits per heavy atom. The summed E-state index contributed by atoms with van der Waals surface area (Å²) in [6.45, 7) is 8.98. The van der Waals surface area contributed by atoms with Crippen molar-refractivity contribution in [3.05, 3.63) is 0 Å². The number of nitrogens with one attached hydrogen (secondary N) is 1. The van der Waals surface area contributed by atoms with Crippen molar-refractivity contribution in [3.8, 4) is 0 Å². The number of piperidine rings is 1. The lowest BCUT2D eigenvalue weighted by Crippen LogP contribution is -2.49. The van der Waals surface area contributed by atoms with Crippen LogP contribution in [-0.4, -0.2) is 41.4 Å². The first-order chi connectivity index (χ1) is 8.69. The molecule has 3 N–H and O–H groups in total. The standard InChI is InChI=1S/C14H27N3O2/c1-10(2)13(19)17-7-5-11(6-8-17)16-12(18)9-14(3,4)15/h10-11H,5-9,15H2,1-4H3,(H,16,18). The lowest BCUT2D eigenvalue weighted by molar-refractivity contribution is -0.135. The zero-order valence-electron chi connectivity index (χ0n) is 12.5. The van der Waals surface area contributed by atoms with E-state index >= 15 is 0 Å². The monoisotopic (exact) mass is 269 g/mol. The topological polar surface area (TPSA) is 75.4 Å². The van der Waals surface area contributed by atoms with Gasteiger partial charge in [0, 0.05) is 37.0 Å². The minimum Gasteiger partial charge on any atom is -0.353 e. The second-order valence-electron chi connectivity index (χ2n) is 6.49. The van der Waals surface area contributed by atoms with Gasteiger partial charge in [-0.15, -0.1) is 0 Å². The Kier molecular flexibility index (Phi) is 5.35. The van der Waals surface area contributed by atoms with Crippen LogP contribution in [0.4, 0.5) is 0 Å². The van der Waals surface area contributed by atoms with Crippen LogP contribution in [0.2, 0.25) is 0 Å². The van der Waals surface area contributed by atoms with Crippen molar-refractivity contribution in [2.45, 2.75) is 58.5 Å². The van der Waals surface area contributed by atoms with Crippen molar-refractivity contribution in [2.24, 2.45) is 11.7 Å². The number of hydrogen-bond donors (Lipinski definition) is 2. The van der Waals surface area contributed by atoms with Crippen LogP contribution in [0.25, 0.3) is 0 Å². The molecule has 1 saturated heterocycles. The third kappa shape index (κ3) is 5.59. The van der Waals surface area contributed by atoms with Gasteiger partial charge < -0.3 is 16.0 Å². The zero-order chi connectivity index (χ0) is 14.6. The highest BCUT2D eigenvalue weighted by atomic mass is 16.2. The first-order valence-corrected chi connectivity index (χ1v) is 7.06. The van der Waals surface area contributed by atoms with Gasteiger partial charge in [-0.25, -0.2) is 0 Å². The summed E-state index contributed by atoms with van der Waals surface area (Å²) >= 11 is 0. The zero-order valence-corrected chi connectivity index (χ0v) is 12.5. The predicted octanol–water partition coefficient (Wildman–Crippen LogP) is 0.877. The van der Waals surface area contributed by atoms with Crippen molar-refractivity contribution in [1.29, 1.82) is 0 Å². The number of nitrogens with two attached hydrogens (primary N) is 1. The van der Waals surface area contributed by atoms with Gasteiger partial charge in [-0.05, 0) is 26.7 Å². The van der Waals surface area contributed by atoms with Crippen LogP contribution in [0.5, 0.6) is 0 Å². The Bertz CT molecular complexity index is 326. The first kappa shape index (κ1) is 16.0. The molecular formula is C14H27N3O2. The molecule has 0 unspecified atom stereocenters. The van der Waals surface area contributed by atoms with Gasteiger partial charge in [0.15, 0.2) is 0 Å². The number of carbonyl (C=O) groups is 2. The largest absolute Gasteiger partial charge is 0.353 e. The fraction of sp³-hybridized carbons (Fsp3) is 0.857. The number of hydrogen-bond acceptors (Lipinski definition) is 3. The molecule has 0 bridgehead atoms. The third-order valence-electron chi connectivity index (χ3n) is 3.28. The van der Waals surface area contributed by atoms with Crippen LogP contribution in [0.3, 0.4) is 0 Å². The Morgan fingerprint density at radius 2 is 1.84 bits per heavy atom. The van der Waals surface area contributed by atoms with Crippen LogP contribution in [0.1, 0.15) is 47.0 Å². The minimum absolute atomic E-state index is 0.00105. The van der Waals surface area contributed by atoms with Crippen LogP contribution in [0.15, 0.2) is 0 Å². The van der Waals surface area contributed by atoms with Crippen LogP contribution in [0, 0.1) is 5.92 Å². The minimum atomic E-state index is -0.474. The second kappa shape index (κ2) is 6.37. The van der Waals surface area contributed by atoms with E-state index in [9.17, 15) is 9.59 Å². The molecule has 1 aliphatic rings. The third-order valence-corrected chi connectivity index (χ3v) is 3.28. The van der Waals surface area contributed by atoms with Gasteiger partial charge in [0.05, 0.1) is 0 Å². The maximum absolute atomic E-state index is 11.8. The molecule has 1 heterocycles. The lowest BCUT2D eigenvalue weighted by Gasteiger charge is -2.33. The van der Waals surface area contributed by atoms with Gasteiger partial charge in [-0.1, -0.05) is 13.8 Å². The highest BCUT2D eigenvalue weighted by molar-refractivity contribution is 5.78. The maximum Gasteiger partial charge on any atom is 0.225 e. The fourth-order valence-corrected chi connectivity index (χ4v) is 2.30. The summed E-state index contributed by atoms with van der Waals surface area (Å²) < 4.78 is 0. The van der Waals surface area contributed by atoms with Crippen molar-refractivity contribution in [1.82, 2.24) is 10.2 Å². The normalized spacial score (nSPS) is 17.7. The molecule has 0 aromatic carbocycles. The van der Waals surface area contributed by atoms with Crippen LogP contribution >= 0.6 is 0 Å². The molecule has 5 heteroatoms. The van der Waals surface area contributed by atoms with Gasteiger partial charge in [0.25, 0.3) is 0 Å². The SMILES string of the molecule is CC(C)C(=O)N1CCC(NC(=O)CC(C)(C)N)CC1. The molecule has 0 spiro atoms. The van der Waals surface area contributed by atoms with E-state index < -0.39 is 5.54 Å². The van der Waals surface area contributed by atoms with Gasteiger partial charge in [0.1, 0.15) is 0 Å². The number of likely N-dealkylation sites (tertiary alicyclic amines) is 1. The Morgan fingerprint density at radius 3 is 2.26 bits per heavy atom. The highest BCUT2D eigenvalue weighted by Crippen LogP contribution is 2.14. The Labute approximate surface area is 115 Å². The van der Waals surface area contributed by atoms with Crippen LogP contribution in [-0.2, 0) is 9.59 Å². The van der Waals surface area contributed by atoms with E-state index in [2.05, 4.69) is 5.32 Å². The molecule has 19 heavy (non-hydrogen) atoms. The first-order valence-electron chi connectivity index (χ1n) is 7.06. The van der Waals surface area contributed by atoms with Crippen molar-refractivity contribution < 1.29 is 9.59 Å².